The van der Waals surface area contributed by atoms with Crippen molar-refractivity contribution < 1.29 is 14.3 Å². The number of hydrogen-bond acceptors (Lipinski definition) is 6. The Labute approximate surface area is 178 Å². The van der Waals surface area contributed by atoms with Crippen LogP contribution in [0.5, 0.6) is 5.75 Å². The van der Waals surface area contributed by atoms with Crippen molar-refractivity contribution in [3.63, 3.8) is 0 Å². The van der Waals surface area contributed by atoms with E-state index in [1.54, 1.807) is 0 Å². The summed E-state index contributed by atoms with van der Waals surface area (Å²) in [6.07, 6.45) is 0. The van der Waals surface area contributed by atoms with Gasteiger partial charge >= 0.3 is 5.97 Å². The van der Waals surface area contributed by atoms with Crippen molar-refractivity contribution in [2.45, 2.75) is 18.3 Å². The standard InChI is InChI=1S/C23H21N3O3S/c1-28-22(27)16-30-23-25-24-21(26(23)14-17-8-3-2-4-9-17)15-29-20-13-7-11-18-10-5-6-12-19(18)20/h2-13H,14-16H2,1H3. The summed E-state index contributed by atoms with van der Waals surface area (Å²) in [7, 11) is 1.38. The molecule has 1 aromatic heterocycles. The highest BCUT2D eigenvalue weighted by Crippen LogP contribution is 2.26. The number of rotatable bonds is 8. The summed E-state index contributed by atoms with van der Waals surface area (Å²) >= 11 is 1.30. The highest BCUT2D eigenvalue weighted by Gasteiger charge is 2.16. The molecular weight excluding hydrogens is 398 g/mol. The van der Waals surface area contributed by atoms with Crippen LogP contribution in [0.4, 0.5) is 0 Å². The molecule has 0 radical (unpaired) electrons. The number of aromatic nitrogens is 3. The lowest BCUT2D eigenvalue weighted by atomic mass is 10.1. The van der Waals surface area contributed by atoms with Crippen molar-refractivity contribution in [1.29, 1.82) is 0 Å². The Hall–Kier alpha value is -3.32. The summed E-state index contributed by atoms with van der Waals surface area (Å²) in [6.45, 7) is 0.859. The third-order valence-electron chi connectivity index (χ3n) is 4.63. The van der Waals surface area contributed by atoms with Gasteiger partial charge in [0.1, 0.15) is 12.4 Å². The Balaban J connectivity index is 1.58. The molecule has 3 aromatic carbocycles. The third-order valence-corrected chi connectivity index (χ3v) is 5.57. The summed E-state index contributed by atoms with van der Waals surface area (Å²) in [5.74, 6) is 1.36. The summed E-state index contributed by atoms with van der Waals surface area (Å²) in [5, 5.41) is 11.4. The van der Waals surface area contributed by atoms with Crippen molar-refractivity contribution in [2.24, 2.45) is 0 Å². The molecule has 0 aliphatic rings. The van der Waals surface area contributed by atoms with Gasteiger partial charge in [-0.15, -0.1) is 10.2 Å². The lowest BCUT2D eigenvalue weighted by Gasteiger charge is -2.12. The van der Waals surface area contributed by atoms with Crippen molar-refractivity contribution in [3.8, 4) is 5.75 Å². The number of hydrogen-bond donors (Lipinski definition) is 0. The molecule has 4 rings (SSSR count). The van der Waals surface area contributed by atoms with Gasteiger partial charge in [-0.1, -0.05) is 78.5 Å². The zero-order valence-corrected chi connectivity index (χ0v) is 17.3. The molecule has 30 heavy (non-hydrogen) atoms. The largest absolute Gasteiger partial charge is 0.485 e. The lowest BCUT2D eigenvalue weighted by Crippen LogP contribution is -2.11. The van der Waals surface area contributed by atoms with Gasteiger partial charge in [0.25, 0.3) is 0 Å². The first-order valence-electron chi connectivity index (χ1n) is 9.51. The first-order chi connectivity index (χ1) is 14.7. The highest BCUT2D eigenvalue weighted by atomic mass is 32.2. The normalized spacial score (nSPS) is 10.8. The molecule has 0 N–H and O–H groups in total. The van der Waals surface area contributed by atoms with Gasteiger partial charge in [-0.3, -0.25) is 9.36 Å². The van der Waals surface area contributed by atoms with Crippen LogP contribution in [0, 0.1) is 0 Å². The summed E-state index contributed by atoms with van der Waals surface area (Å²) in [5.41, 5.74) is 1.11. The Morgan fingerprint density at radius 2 is 1.73 bits per heavy atom. The first kappa shape index (κ1) is 20.0. The van der Waals surface area contributed by atoms with E-state index < -0.39 is 0 Å². The van der Waals surface area contributed by atoms with E-state index in [0.717, 1.165) is 22.1 Å². The monoisotopic (exact) mass is 419 g/mol. The van der Waals surface area contributed by atoms with E-state index in [9.17, 15) is 4.79 Å². The number of methoxy groups -OCH3 is 1. The molecule has 0 atom stereocenters. The van der Waals surface area contributed by atoms with Crippen molar-refractivity contribution in [1.82, 2.24) is 14.8 Å². The first-order valence-corrected chi connectivity index (χ1v) is 10.5. The fourth-order valence-electron chi connectivity index (χ4n) is 3.10. The molecule has 0 bridgehead atoms. The van der Waals surface area contributed by atoms with E-state index in [-0.39, 0.29) is 18.3 Å². The summed E-state index contributed by atoms with van der Waals surface area (Å²) in [4.78, 5) is 11.6. The Bertz CT molecular complexity index is 1140. The van der Waals surface area contributed by atoms with Crippen LogP contribution in [-0.4, -0.2) is 33.6 Å². The van der Waals surface area contributed by atoms with Gasteiger partial charge in [0.15, 0.2) is 11.0 Å². The van der Waals surface area contributed by atoms with Crippen molar-refractivity contribution in [2.75, 3.05) is 12.9 Å². The Morgan fingerprint density at radius 1 is 0.967 bits per heavy atom. The highest BCUT2D eigenvalue weighted by molar-refractivity contribution is 7.99. The number of ether oxygens (including phenoxy) is 2. The van der Waals surface area contributed by atoms with Gasteiger partial charge in [-0.25, -0.2) is 0 Å². The molecular formula is C23H21N3O3S. The molecule has 0 spiro atoms. The number of nitrogens with zero attached hydrogens (tertiary/aromatic N) is 3. The Morgan fingerprint density at radius 3 is 2.57 bits per heavy atom. The minimum atomic E-state index is -0.303. The van der Waals surface area contributed by atoms with Crippen LogP contribution in [0.2, 0.25) is 0 Å². The average molecular weight is 420 g/mol. The smallest absolute Gasteiger partial charge is 0.316 e. The molecule has 0 fully saturated rings. The van der Waals surface area contributed by atoms with E-state index in [1.807, 2.05) is 65.2 Å². The van der Waals surface area contributed by atoms with Crippen LogP contribution in [-0.2, 0) is 22.7 Å². The third kappa shape index (κ3) is 4.63. The van der Waals surface area contributed by atoms with Crippen LogP contribution in [0.15, 0.2) is 78.0 Å². The topological polar surface area (TPSA) is 66.2 Å². The number of thioether (sulfide) groups is 1. The minimum absolute atomic E-state index is 0.174. The van der Waals surface area contributed by atoms with Gasteiger partial charge in [0.2, 0.25) is 0 Å². The van der Waals surface area contributed by atoms with E-state index in [2.05, 4.69) is 22.3 Å². The van der Waals surface area contributed by atoms with Crippen LogP contribution in [0.1, 0.15) is 11.4 Å². The molecule has 0 aliphatic carbocycles. The van der Waals surface area contributed by atoms with Crippen molar-refractivity contribution in [3.05, 3.63) is 84.2 Å². The van der Waals surface area contributed by atoms with Crippen LogP contribution in [0.25, 0.3) is 10.8 Å². The average Bonchev–Trinajstić information content (AvgIpc) is 3.17. The van der Waals surface area contributed by atoms with Gasteiger partial charge in [0, 0.05) is 5.39 Å². The molecule has 152 valence electrons. The molecule has 7 heteroatoms. The maximum Gasteiger partial charge on any atom is 0.316 e. The molecule has 0 saturated carbocycles. The Kier molecular flexibility index (Phi) is 6.29. The molecule has 6 nitrogen and oxygen atoms in total. The van der Waals surface area contributed by atoms with Gasteiger partial charge in [-0.05, 0) is 17.0 Å². The quantitative estimate of drug-likeness (QED) is 0.313. The van der Waals surface area contributed by atoms with E-state index in [4.69, 9.17) is 9.47 Å². The fourth-order valence-corrected chi connectivity index (χ4v) is 3.89. The molecule has 0 saturated heterocycles. The lowest BCUT2D eigenvalue weighted by molar-refractivity contribution is -0.137. The SMILES string of the molecule is COC(=O)CSc1nnc(COc2cccc3ccccc23)n1Cc1ccccc1. The molecule has 1 heterocycles. The number of fused-ring (bicyclic) bond motifs is 1. The van der Waals surface area contributed by atoms with Crippen LogP contribution >= 0.6 is 11.8 Å². The summed E-state index contributed by atoms with van der Waals surface area (Å²) in [6, 6.07) is 24.1. The second-order valence-electron chi connectivity index (χ2n) is 6.60. The number of esters is 1. The van der Waals surface area contributed by atoms with E-state index >= 15 is 0 Å². The zero-order chi connectivity index (χ0) is 20.8. The minimum Gasteiger partial charge on any atom is -0.485 e. The summed E-state index contributed by atoms with van der Waals surface area (Å²) < 4.78 is 12.8. The maximum absolute atomic E-state index is 11.6. The van der Waals surface area contributed by atoms with Crippen LogP contribution in [0.3, 0.4) is 0 Å². The molecule has 0 aliphatic heterocycles. The number of carbonyl (C=O) groups excluding carboxylic acids is 1. The van der Waals surface area contributed by atoms with Gasteiger partial charge in [0.05, 0.1) is 19.4 Å². The van der Waals surface area contributed by atoms with Crippen molar-refractivity contribution >= 4 is 28.5 Å². The van der Waals surface area contributed by atoms with E-state index in [1.165, 1.54) is 18.9 Å². The second-order valence-corrected chi connectivity index (χ2v) is 7.54. The number of benzene rings is 3. The van der Waals surface area contributed by atoms with E-state index in [0.29, 0.717) is 17.5 Å². The predicted octanol–water partition coefficient (Wildman–Crippen LogP) is 4.32. The number of carbonyl (C=O) groups is 1. The molecule has 0 unspecified atom stereocenters. The second kappa shape index (κ2) is 9.45. The van der Waals surface area contributed by atoms with Gasteiger partial charge in [-0.2, -0.15) is 0 Å². The molecule has 4 aromatic rings. The maximum atomic E-state index is 11.6. The predicted molar refractivity (Wildman–Crippen MR) is 117 cm³/mol. The van der Waals surface area contributed by atoms with Crippen LogP contribution < -0.4 is 4.74 Å². The molecule has 0 amide bonds. The van der Waals surface area contributed by atoms with Gasteiger partial charge < -0.3 is 9.47 Å². The zero-order valence-electron chi connectivity index (χ0n) is 16.5. The fraction of sp³-hybridized carbons (Fsp3) is 0.174.